The summed E-state index contributed by atoms with van der Waals surface area (Å²) < 4.78 is 5.40. The van der Waals surface area contributed by atoms with Gasteiger partial charge < -0.3 is 14.6 Å². The average molecular weight is 321 g/mol. The van der Waals surface area contributed by atoms with Gasteiger partial charge in [0, 0.05) is 10.9 Å². The van der Waals surface area contributed by atoms with Crippen LogP contribution in [0.5, 0.6) is 0 Å². The van der Waals surface area contributed by atoms with E-state index < -0.39 is 0 Å². The maximum atomic E-state index is 13.1. The first kappa shape index (κ1) is 15.1. The van der Waals surface area contributed by atoms with Gasteiger partial charge in [-0.1, -0.05) is 48.5 Å². The van der Waals surface area contributed by atoms with Crippen LogP contribution in [-0.2, 0) is 4.74 Å². The number of ketones is 1. The lowest BCUT2D eigenvalue weighted by atomic mass is 10.0. The Morgan fingerprint density at radius 1 is 1.00 bits per heavy atom. The summed E-state index contributed by atoms with van der Waals surface area (Å²) in [4.78, 5) is 17.8. The Balaban J connectivity index is 1.76. The quantitative estimate of drug-likeness (QED) is 0.722. The van der Waals surface area contributed by atoms with Gasteiger partial charge in [0.15, 0.2) is 0 Å². The molecule has 4 nitrogen and oxygen atoms in total. The highest BCUT2D eigenvalue weighted by Crippen LogP contribution is 2.30. The number of carbonyl (C=O) groups is 1. The van der Waals surface area contributed by atoms with Crippen LogP contribution in [0, 0.1) is 0 Å². The smallest absolute Gasteiger partial charge is 0.219 e. The van der Waals surface area contributed by atoms with E-state index in [0.29, 0.717) is 6.54 Å². The molecule has 0 amide bonds. The van der Waals surface area contributed by atoms with Crippen LogP contribution in [0.25, 0.3) is 22.2 Å². The Morgan fingerprint density at radius 2 is 1.71 bits per heavy atom. The van der Waals surface area contributed by atoms with E-state index in [2.05, 4.69) is 4.98 Å². The lowest BCUT2D eigenvalue weighted by molar-refractivity contribution is -0.899. The van der Waals surface area contributed by atoms with Crippen LogP contribution in [0.4, 0.5) is 0 Å². The number of carbonyl (C=O) groups excluding carboxylic acids is 1. The van der Waals surface area contributed by atoms with E-state index in [9.17, 15) is 4.79 Å². The van der Waals surface area contributed by atoms with Crippen LogP contribution in [-0.4, -0.2) is 43.6 Å². The molecular weight excluding hydrogens is 300 g/mol. The third kappa shape index (κ3) is 2.86. The fraction of sp³-hybridized carbons (Fsp3) is 0.250. The normalized spacial score (nSPS) is 15.7. The first-order valence-electron chi connectivity index (χ1n) is 8.43. The number of nitrogens with one attached hydrogen (secondary N) is 2. The van der Waals surface area contributed by atoms with Gasteiger partial charge >= 0.3 is 0 Å². The number of fused-ring (bicyclic) bond motifs is 1. The van der Waals surface area contributed by atoms with Crippen molar-refractivity contribution in [2.75, 3.05) is 32.8 Å². The molecule has 4 rings (SSSR count). The van der Waals surface area contributed by atoms with Crippen molar-refractivity contribution < 1.29 is 14.4 Å². The molecule has 24 heavy (non-hydrogen) atoms. The minimum Gasteiger partial charge on any atom is -0.370 e. The molecule has 1 saturated heterocycles. The molecule has 1 fully saturated rings. The number of aromatic nitrogens is 1. The predicted octanol–water partition coefficient (Wildman–Crippen LogP) is 1.93. The van der Waals surface area contributed by atoms with E-state index in [1.165, 1.54) is 4.90 Å². The standard InChI is InChI=1S/C20H20N2O2/c23-18(14-22-10-12-24-13-11-22)19-16-8-4-5-9-17(16)21-20(19)15-6-2-1-3-7-15/h1-9,21H,10-14H2/p+1. The predicted molar refractivity (Wildman–Crippen MR) is 94.4 cm³/mol. The lowest BCUT2D eigenvalue weighted by Gasteiger charge is -2.23. The summed E-state index contributed by atoms with van der Waals surface area (Å²) in [6.45, 7) is 3.79. The molecule has 4 heteroatoms. The topological polar surface area (TPSA) is 46.5 Å². The molecule has 0 bridgehead atoms. The molecule has 2 aromatic carbocycles. The number of quaternary nitrogens is 1. The number of morpholine rings is 1. The summed E-state index contributed by atoms with van der Waals surface area (Å²) in [5.41, 5.74) is 3.80. The Morgan fingerprint density at radius 3 is 2.50 bits per heavy atom. The van der Waals surface area contributed by atoms with Crippen molar-refractivity contribution in [3.63, 3.8) is 0 Å². The van der Waals surface area contributed by atoms with Crippen molar-refractivity contribution in [3.05, 3.63) is 60.2 Å². The van der Waals surface area contributed by atoms with Crippen LogP contribution in [0.15, 0.2) is 54.6 Å². The summed E-state index contributed by atoms with van der Waals surface area (Å²) in [7, 11) is 0. The molecule has 0 spiro atoms. The Bertz CT molecular complexity index is 848. The minimum atomic E-state index is 0.197. The molecule has 3 aromatic rings. The van der Waals surface area contributed by atoms with Gasteiger partial charge in [-0.05, 0) is 11.6 Å². The highest BCUT2D eigenvalue weighted by molar-refractivity contribution is 6.13. The van der Waals surface area contributed by atoms with Crippen LogP contribution >= 0.6 is 0 Å². The fourth-order valence-corrected chi connectivity index (χ4v) is 3.41. The summed E-state index contributed by atoms with van der Waals surface area (Å²) in [5.74, 6) is 0.197. The summed E-state index contributed by atoms with van der Waals surface area (Å²) in [5, 5.41) is 1.01. The van der Waals surface area contributed by atoms with Gasteiger partial charge in [0.2, 0.25) is 5.78 Å². The Labute approximate surface area is 141 Å². The van der Waals surface area contributed by atoms with E-state index >= 15 is 0 Å². The largest absolute Gasteiger partial charge is 0.370 e. The van der Waals surface area contributed by atoms with Gasteiger partial charge in [-0.3, -0.25) is 4.79 Å². The Kier molecular flexibility index (Phi) is 4.15. The molecular formula is C20H21N2O2+. The number of ether oxygens (including phenoxy) is 1. The van der Waals surface area contributed by atoms with Crippen molar-refractivity contribution in [2.24, 2.45) is 0 Å². The maximum Gasteiger partial charge on any atom is 0.219 e. The van der Waals surface area contributed by atoms with E-state index in [-0.39, 0.29) is 5.78 Å². The lowest BCUT2D eigenvalue weighted by Crippen LogP contribution is -3.14. The molecule has 0 saturated carbocycles. The van der Waals surface area contributed by atoms with E-state index in [1.54, 1.807) is 0 Å². The van der Waals surface area contributed by atoms with Crippen molar-refractivity contribution in [1.82, 2.24) is 4.98 Å². The summed E-state index contributed by atoms with van der Waals surface area (Å²) >= 11 is 0. The number of H-pyrrole nitrogens is 1. The molecule has 2 N–H and O–H groups in total. The second kappa shape index (κ2) is 6.59. The zero-order valence-corrected chi connectivity index (χ0v) is 13.5. The van der Waals surface area contributed by atoms with Crippen molar-refractivity contribution in [1.29, 1.82) is 0 Å². The van der Waals surface area contributed by atoms with E-state index in [1.807, 2.05) is 54.6 Å². The highest BCUT2D eigenvalue weighted by Gasteiger charge is 2.24. The number of para-hydroxylation sites is 1. The second-order valence-electron chi connectivity index (χ2n) is 6.25. The fourth-order valence-electron chi connectivity index (χ4n) is 3.41. The van der Waals surface area contributed by atoms with Crippen LogP contribution in [0.3, 0.4) is 0 Å². The van der Waals surface area contributed by atoms with Gasteiger partial charge in [-0.25, -0.2) is 0 Å². The minimum absolute atomic E-state index is 0.197. The van der Waals surface area contributed by atoms with Crippen molar-refractivity contribution in [2.45, 2.75) is 0 Å². The number of hydrogen-bond acceptors (Lipinski definition) is 2. The third-order valence-corrected chi connectivity index (χ3v) is 4.66. The van der Waals surface area contributed by atoms with Crippen LogP contribution in [0.2, 0.25) is 0 Å². The number of Topliss-reactive ketones (excluding diaryl/α,β-unsaturated/α-hetero) is 1. The number of aromatic amines is 1. The zero-order valence-electron chi connectivity index (χ0n) is 13.5. The van der Waals surface area contributed by atoms with Gasteiger partial charge in [0.1, 0.15) is 19.6 Å². The summed E-state index contributed by atoms with van der Waals surface area (Å²) in [6, 6.07) is 18.1. The molecule has 0 unspecified atom stereocenters. The molecule has 122 valence electrons. The molecule has 1 aromatic heterocycles. The number of rotatable bonds is 4. The molecule has 1 aliphatic rings. The monoisotopic (exact) mass is 321 g/mol. The average Bonchev–Trinajstić information content (AvgIpc) is 3.03. The zero-order chi connectivity index (χ0) is 16.4. The van der Waals surface area contributed by atoms with Gasteiger partial charge in [-0.15, -0.1) is 0 Å². The second-order valence-corrected chi connectivity index (χ2v) is 6.25. The first-order valence-corrected chi connectivity index (χ1v) is 8.43. The van der Waals surface area contributed by atoms with Crippen LogP contribution < -0.4 is 4.90 Å². The van der Waals surface area contributed by atoms with Gasteiger partial charge in [0.05, 0.1) is 24.5 Å². The number of benzene rings is 2. The molecule has 0 radical (unpaired) electrons. The SMILES string of the molecule is O=C(C[NH+]1CCOCC1)c1c(-c2ccccc2)[nH]c2ccccc12. The van der Waals surface area contributed by atoms with Crippen LogP contribution in [0.1, 0.15) is 10.4 Å². The molecule has 2 heterocycles. The third-order valence-electron chi connectivity index (χ3n) is 4.66. The molecule has 0 aliphatic carbocycles. The number of hydrogen-bond donors (Lipinski definition) is 2. The van der Waals surface area contributed by atoms with E-state index in [0.717, 1.165) is 54.0 Å². The summed E-state index contributed by atoms with van der Waals surface area (Å²) in [6.07, 6.45) is 0. The molecule has 0 atom stereocenters. The highest BCUT2D eigenvalue weighted by atomic mass is 16.5. The van der Waals surface area contributed by atoms with Crippen molar-refractivity contribution >= 4 is 16.7 Å². The first-order chi connectivity index (χ1) is 11.8. The van der Waals surface area contributed by atoms with Gasteiger partial charge in [0.25, 0.3) is 0 Å². The van der Waals surface area contributed by atoms with Crippen molar-refractivity contribution in [3.8, 4) is 11.3 Å². The maximum absolute atomic E-state index is 13.1. The van der Waals surface area contributed by atoms with Gasteiger partial charge in [-0.2, -0.15) is 0 Å². The van der Waals surface area contributed by atoms with E-state index in [4.69, 9.17) is 4.74 Å². The molecule has 1 aliphatic heterocycles. The Hall–Kier alpha value is -2.43.